The molecule has 0 aromatic heterocycles. The van der Waals surface area contributed by atoms with E-state index in [1.54, 1.807) is 31.2 Å². The van der Waals surface area contributed by atoms with E-state index >= 15 is 0 Å². The molecule has 0 fully saturated rings. The van der Waals surface area contributed by atoms with E-state index in [4.69, 9.17) is 9.47 Å². The van der Waals surface area contributed by atoms with E-state index in [0.717, 1.165) is 0 Å². The molecule has 0 heterocycles. The predicted molar refractivity (Wildman–Crippen MR) is 78.4 cm³/mol. The molecule has 2 atom stereocenters. The summed E-state index contributed by atoms with van der Waals surface area (Å²) in [4.78, 5) is 34.0. The van der Waals surface area contributed by atoms with E-state index < -0.39 is 22.9 Å². The van der Waals surface area contributed by atoms with Gasteiger partial charge in [-0.3, -0.25) is 10.1 Å². The molecule has 0 aliphatic heterocycles. The van der Waals surface area contributed by atoms with Crippen LogP contribution in [0.25, 0.3) is 0 Å². The highest BCUT2D eigenvalue weighted by Crippen LogP contribution is 2.28. The highest BCUT2D eigenvalue weighted by Gasteiger charge is 2.41. The van der Waals surface area contributed by atoms with Crippen LogP contribution < -0.4 is 4.74 Å². The van der Waals surface area contributed by atoms with Crippen LogP contribution in [0.15, 0.2) is 24.3 Å². The van der Waals surface area contributed by atoms with Crippen LogP contribution in [0.1, 0.15) is 31.7 Å². The fourth-order valence-electron chi connectivity index (χ4n) is 2.20. The lowest BCUT2D eigenvalue weighted by atomic mass is 9.87. The molecule has 0 saturated heterocycles. The van der Waals surface area contributed by atoms with Crippen LogP contribution in [0, 0.1) is 10.1 Å². The van der Waals surface area contributed by atoms with Crippen molar-refractivity contribution < 1.29 is 24.0 Å². The SMILES string of the molecule is CCOC(=O)C([C@@H](CC(C)=O)c1ccc(OC)cc1)[N+](=O)[O-]. The molecule has 120 valence electrons. The maximum absolute atomic E-state index is 11.9. The summed E-state index contributed by atoms with van der Waals surface area (Å²) in [6.07, 6.45) is -0.114. The standard InChI is InChI=1S/C15H19NO6/c1-4-22-15(18)14(16(19)20)13(9-10(2)17)11-5-7-12(21-3)8-6-11/h5-8,13-14H,4,9H2,1-3H3/t13-,14?/m0/s1. The van der Waals surface area contributed by atoms with Gasteiger partial charge in [-0.2, -0.15) is 0 Å². The van der Waals surface area contributed by atoms with Crippen LogP contribution in [0.5, 0.6) is 5.75 Å². The van der Waals surface area contributed by atoms with Gasteiger partial charge in [0.15, 0.2) is 0 Å². The van der Waals surface area contributed by atoms with Crippen molar-refractivity contribution in [3.63, 3.8) is 0 Å². The van der Waals surface area contributed by atoms with E-state index in [2.05, 4.69) is 0 Å². The normalized spacial score (nSPS) is 13.0. The number of esters is 1. The van der Waals surface area contributed by atoms with Gasteiger partial charge in [-0.05, 0) is 31.5 Å². The van der Waals surface area contributed by atoms with E-state index in [1.165, 1.54) is 14.0 Å². The number of carbonyl (C=O) groups is 2. The summed E-state index contributed by atoms with van der Waals surface area (Å²) in [7, 11) is 1.50. The van der Waals surface area contributed by atoms with Crippen molar-refractivity contribution in [1.82, 2.24) is 0 Å². The molecular weight excluding hydrogens is 290 g/mol. The first-order valence-corrected chi connectivity index (χ1v) is 6.84. The summed E-state index contributed by atoms with van der Waals surface area (Å²) in [6, 6.07) is 4.87. The van der Waals surface area contributed by atoms with Gasteiger partial charge >= 0.3 is 12.0 Å². The first kappa shape index (κ1) is 17.6. The average molecular weight is 309 g/mol. The molecule has 1 unspecified atom stereocenters. The number of methoxy groups -OCH3 is 1. The second kappa shape index (κ2) is 8.11. The second-order valence-corrected chi connectivity index (χ2v) is 4.77. The Morgan fingerprint density at radius 2 is 1.86 bits per heavy atom. The van der Waals surface area contributed by atoms with Crippen molar-refractivity contribution in [3.05, 3.63) is 39.9 Å². The van der Waals surface area contributed by atoms with Crippen LogP contribution >= 0.6 is 0 Å². The van der Waals surface area contributed by atoms with E-state index in [-0.39, 0.29) is 18.8 Å². The minimum atomic E-state index is -1.61. The topological polar surface area (TPSA) is 95.7 Å². The highest BCUT2D eigenvalue weighted by molar-refractivity contribution is 5.80. The molecule has 22 heavy (non-hydrogen) atoms. The fourth-order valence-corrected chi connectivity index (χ4v) is 2.20. The van der Waals surface area contributed by atoms with Crippen molar-refractivity contribution in [3.8, 4) is 5.75 Å². The fraction of sp³-hybridized carbons (Fsp3) is 0.467. The van der Waals surface area contributed by atoms with Gasteiger partial charge < -0.3 is 14.3 Å². The largest absolute Gasteiger partial charge is 0.497 e. The lowest BCUT2D eigenvalue weighted by molar-refractivity contribution is -0.514. The summed E-state index contributed by atoms with van der Waals surface area (Å²) in [6.45, 7) is 2.94. The summed E-state index contributed by atoms with van der Waals surface area (Å²) in [5.74, 6) is -1.47. The van der Waals surface area contributed by atoms with Gasteiger partial charge in [0, 0.05) is 11.3 Å². The molecule has 0 spiro atoms. The van der Waals surface area contributed by atoms with Crippen LogP contribution in [0.4, 0.5) is 0 Å². The van der Waals surface area contributed by atoms with Gasteiger partial charge in [0.1, 0.15) is 11.5 Å². The van der Waals surface area contributed by atoms with E-state index in [9.17, 15) is 19.7 Å². The van der Waals surface area contributed by atoms with Crippen molar-refractivity contribution in [2.75, 3.05) is 13.7 Å². The van der Waals surface area contributed by atoms with Crippen LogP contribution in [0.3, 0.4) is 0 Å². The van der Waals surface area contributed by atoms with Gasteiger partial charge in [0.25, 0.3) is 0 Å². The zero-order chi connectivity index (χ0) is 16.7. The molecule has 0 saturated carbocycles. The van der Waals surface area contributed by atoms with E-state index in [0.29, 0.717) is 11.3 Å². The number of hydrogen-bond acceptors (Lipinski definition) is 6. The Bertz CT molecular complexity index is 539. The third-order valence-corrected chi connectivity index (χ3v) is 3.19. The van der Waals surface area contributed by atoms with Crippen molar-refractivity contribution in [2.45, 2.75) is 32.2 Å². The Morgan fingerprint density at radius 1 is 1.27 bits per heavy atom. The molecule has 1 aromatic carbocycles. The number of carbonyl (C=O) groups excluding carboxylic acids is 2. The van der Waals surface area contributed by atoms with Gasteiger partial charge in [-0.25, -0.2) is 4.79 Å². The van der Waals surface area contributed by atoms with Gasteiger partial charge in [-0.1, -0.05) is 12.1 Å². The maximum Gasteiger partial charge on any atom is 0.382 e. The minimum absolute atomic E-state index is 0.0403. The molecule has 0 radical (unpaired) electrons. The molecule has 1 rings (SSSR count). The van der Waals surface area contributed by atoms with Crippen molar-refractivity contribution >= 4 is 11.8 Å². The Labute approximate surface area is 128 Å². The number of nitro groups is 1. The van der Waals surface area contributed by atoms with Gasteiger partial charge in [-0.15, -0.1) is 0 Å². The van der Waals surface area contributed by atoms with Crippen LogP contribution in [-0.2, 0) is 14.3 Å². The Morgan fingerprint density at radius 3 is 2.27 bits per heavy atom. The van der Waals surface area contributed by atoms with E-state index in [1.807, 2.05) is 0 Å². The number of rotatable bonds is 8. The Hall–Kier alpha value is -2.44. The molecule has 7 nitrogen and oxygen atoms in total. The average Bonchev–Trinajstić information content (AvgIpc) is 2.46. The number of nitrogens with zero attached hydrogens (tertiary/aromatic N) is 1. The monoisotopic (exact) mass is 309 g/mol. The zero-order valence-corrected chi connectivity index (χ0v) is 12.8. The van der Waals surface area contributed by atoms with Gasteiger partial charge in [0.2, 0.25) is 0 Å². The van der Waals surface area contributed by atoms with Crippen molar-refractivity contribution in [1.29, 1.82) is 0 Å². The number of ether oxygens (including phenoxy) is 2. The molecule has 0 aliphatic rings. The summed E-state index contributed by atoms with van der Waals surface area (Å²) in [5.41, 5.74) is 0.519. The summed E-state index contributed by atoms with van der Waals surface area (Å²) < 4.78 is 9.81. The summed E-state index contributed by atoms with van der Waals surface area (Å²) >= 11 is 0. The Kier molecular flexibility index (Phi) is 6.49. The van der Waals surface area contributed by atoms with Crippen molar-refractivity contribution in [2.24, 2.45) is 0 Å². The number of Topliss-reactive ketones (excluding diaryl/α,β-unsaturated/α-hetero) is 1. The second-order valence-electron chi connectivity index (χ2n) is 4.77. The summed E-state index contributed by atoms with van der Waals surface area (Å²) in [5, 5.41) is 11.3. The maximum atomic E-state index is 11.9. The highest BCUT2D eigenvalue weighted by atomic mass is 16.6. The molecule has 7 heteroatoms. The molecule has 1 aromatic rings. The van der Waals surface area contributed by atoms with Crippen LogP contribution in [-0.4, -0.2) is 36.4 Å². The smallest absolute Gasteiger partial charge is 0.382 e. The number of hydrogen-bond donors (Lipinski definition) is 0. The lowest BCUT2D eigenvalue weighted by Crippen LogP contribution is -2.38. The number of ketones is 1. The molecule has 0 bridgehead atoms. The molecule has 0 N–H and O–H groups in total. The molecular formula is C15H19NO6. The first-order chi connectivity index (χ1) is 10.4. The quantitative estimate of drug-likeness (QED) is 0.414. The van der Waals surface area contributed by atoms with Crippen LogP contribution in [0.2, 0.25) is 0 Å². The molecule has 0 amide bonds. The minimum Gasteiger partial charge on any atom is -0.497 e. The third kappa shape index (κ3) is 4.54. The first-order valence-electron chi connectivity index (χ1n) is 6.84. The Balaban J connectivity index is 3.19. The lowest BCUT2D eigenvalue weighted by Gasteiger charge is -2.19. The predicted octanol–water partition coefficient (Wildman–Crippen LogP) is 1.97. The van der Waals surface area contributed by atoms with Gasteiger partial charge in [0.05, 0.1) is 19.6 Å². The number of benzene rings is 1. The molecule has 0 aliphatic carbocycles. The zero-order valence-electron chi connectivity index (χ0n) is 12.8. The third-order valence-electron chi connectivity index (χ3n) is 3.19.